The highest BCUT2D eigenvalue weighted by molar-refractivity contribution is 8.05. The molecule has 2 rings (SSSR count). The van der Waals surface area contributed by atoms with Crippen molar-refractivity contribution in [3.63, 3.8) is 0 Å². The number of fused-ring (bicyclic) bond motifs is 1. The Morgan fingerprint density at radius 1 is 1.44 bits per heavy atom. The van der Waals surface area contributed by atoms with Crippen LogP contribution < -0.4 is 4.31 Å². The maximum absolute atomic E-state index is 12.3. The predicted molar refractivity (Wildman–Crippen MR) is 77.2 cm³/mol. The molecule has 2 amide bonds. The first-order chi connectivity index (χ1) is 8.43. The highest BCUT2D eigenvalue weighted by Gasteiger charge is 2.35. The molecule has 0 saturated heterocycles. The maximum Gasteiger partial charge on any atom is 0.294 e. The Kier molecular flexibility index (Phi) is 3.79. The summed E-state index contributed by atoms with van der Waals surface area (Å²) in [5.74, 6) is -0.154. The van der Waals surface area contributed by atoms with Gasteiger partial charge in [-0.2, -0.15) is 0 Å². The van der Waals surface area contributed by atoms with Crippen LogP contribution in [0, 0.1) is 0 Å². The number of anilines is 1. The summed E-state index contributed by atoms with van der Waals surface area (Å²) in [6.45, 7) is 3.75. The third-order valence-electron chi connectivity index (χ3n) is 2.43. The molecule has 18 heavy (non-hydrogen) atoms. The van der Waals surface area contributed by atoms with Crippen molar-refractivity contribution in [2.24, 2.45) is 0 Å². The van der Waals surface area contributed by atoms with Gasteiger partial charge in [-0.25, -0.2) is 4.31 Å². The number of para-hydroxylation sites is 1. The summed E-state index contributed by atoms with van der Waals surface area (Å²) in [6, 6.07) is 4.95. The average molecular weight is 303 g/mol. The van der Waals surface area contributed by atoms with E-state index in [1.807, 2.05) is 13.8 Å². The molecule has 0 saturated carbocycles. The number of hydrogen-bond acceptors (Lipinski definition) is 3. The summed E-state index contributed by atoms with van der Waals surface area (Å²) in [5, 5.41) is -0.105. The van der Waals surface area contributed by atoms with Crippen LogP contribution in [-0.4, -0.2) is 21.5 Å². The largest absolute Gasteiger partial charge is 0.294 e. The second-order valence-electron chi connectivity index (χ2n) is 4.02. The fourth-order valence-corrected chi connectivity index (χ4v) is 3.04. The van der Waals surface area contributed by atoms with Crippen molar-refractivity contribution in [3.8, 4) is 0 Å². The lowest BCUT2D eigenvalue weighted by Gasteiger charge is -2.36. The molecule has 0 aromatic heterocycles. The minimum atomic E-state index is -0.465. The van der Waals surface area contributed by atoms with E-state index in [2.05, 4.69) is 12.6 Å². The summed E-state index contributed by atoms with van der Waals surface area (Å²) in [5.41, 5.74) is 0.823. The quantitative estimate of drug-likeness (QED) is 0.636. The van der Waals surface area contributed by atoms with Crippen LogP contribution in [0.25, 0.3) is 0 Å². The Bertz CT molecular complexity index is 522. The lowest BCUT2D eigenvalue weighted by atomic mass is 10.1. The van der Waals surface area contributed by atoms with E-state index in [1.165, 1.54) is 8.61 Å². The molecule has 7 heteroatoms. The molecule has 0 atom stereocenters. The van der Waals surface area contributed by atoms with E-state index in [4.69, 9.17) is 11.6 Å². The van der Waals surface area contributed by atoms with Crippen LogP contribution in [0.5, 0.6) is 0 Å². The van der Waals surface area contributed by atoms with Gasteiger partial charge in [0.1, 0.15) is 0 Å². The van der Waals surface area contributed by atoms with Crippen LogP contribution in [0.2, 0.25) is 5.02 Å². The van der Waals surface area contributed by atoms with E-state index in [-0.39, 0.29) is 11.9 Å². The highest BCUT2D eigenvalue weighted by Crippen LogP contribution is 2.42. The standard InChI is InChI=1S/C11H11ClN2O2S2/c1-6(2)13-10(15)7-4-3-5-8(12)9(7)14(18-13)11(16)17/h3-6H,1-2H3,(H,16,17). The number of halogens is 1. The van der Waals surface area contributed by atoms with Gasteiger partial charge < -0.3 is 0 Å². The first kappa shape index (κ1) is 13.6. The SMILES string of the molecule is CC(C)N1SN(C(=O)S)c2c(Cl)cccc2C1=O. The second kappa shape index (κ2) is 5.03. The van der Waals surface area contributed by atoms with E-state index >= 15 is 0 Å². The molecule has 1 aromatic carbocycles. The van der Waals surface area contributed by atoms with Gasteiger partial charge in [-0.15, -0.1) is 0 Å². The Labute approximate surface area is 120 Å². The Hall–Kier alpha value is -0.850. The second-order valence-corrected chi connectivity index (χ2v) is 5.73. The lowest BCUT2D eigenvalue weighted by Crippen LogP contribution is -2.41. The Morgan fingerprint density at radius 2 is 2.11 bits per heavy atom. The number of carbonyl (C=O) groups excluding carboxylic acids is 2. The molecule has 0 bridgehead atoms. The molecule has 96 valence electrons. The van der Waals surface area contributed by atoms with Gasteiger partial charge in [0.2, 0.25) is 0 Å². The van der Waals surface area contributed by atoms with Crippen LogP contribution >= 0.6 is 36.4 Å². The van der Waals surface area contributed by atoms with E-state index in [0.717, 1.165) is 12.1 Å². The van der Waals surface area contributed by atoms with Crippen molar-refractivity contribution in [1.29, 1.82) is 0 Å². The Balaban J connectivity index is 2.59. The van der Waals surface area contributed by atoms with Gasteiger partial charge >= 0.3 is 0 Å². The minimum Gasteiger partial charge on any atom is -0.268 e. The monoisotopic (exact) mass is 302 g/mol. The van der Waals surface area contributed by atoms with Crippen molar-refractivity contribution in [2.45, 2.75) is 19.9 Å². The topological polar surface area (TPSA) is 40.6 Å². The molecule has 1 heterocycles. The number of nitrogens with zero attached hydrogens (tertiary/aromatic N) is 2. The molecule has 0 aliphatic carbocycles. The van der Waals surface area contributed by atoms with Crippen molar-refractivity contribution in [3.05, 3.63) is 28.8 Å². The van der Waals surface area contributed by atoms with Gasteiger partial charge in [-0.05, 0) is 26.0 Å². The van der Waals surface area contributed by atoms with Crippen molar-refractivity contribution < 1.29 is 9.59 Å². The van der Waals surface area contributed by atoms with Crippen LogP contribution in [0.1, 0.15) is 24.2 Å². The molecule has 0 N–H and O–H groups in total. The zero-order valence-corrected chi connectivity index (χ0v) is 12.2. The van der Waals surface area contributed by atoms with Gasteiger partial charge in [-0.3, -0.25) is 13.9 Å². The molecule has 1 aliphatic rings. The van der Waals surface area contributed by atoms with Crippen molar-refractivity contribution in [1.82, 2.24) is 4.31 Å². The van der Waals surface area contributed by atoms with Gasteiger partial charge in [0.25, 0.3) is 11.1 Å². The van der Waals surface area contributed by atoms with E-state index in [9.17, 15) is 9.59 Å². The maximum atomic E-state index is 12.3. The third kappa shape index (κ3) is 2.20. The van der Waals surface area contributed by atoms with Gasteiger partial charge in [0, 0.05) is 6.04 Å². The summed E-state index contributed by atoms with van der Waals surface area (Å²) in [4.78, 5) is 23.8. The molecular formula is C11H11ClN2O2S2. The van der Waals surface area contributed by atoms with Crippen LogP contribution in [0.4, 0.5) is 10.5 Å². The summed E-state index contributed by atoms with van der Waals surface area (Å²) < 4.78 is 2.84. The molecule has 0 radical (unpaired) electrons. The van der Waals surface area contributed by atoms with Crippen molar-refractivity contribution >= 4 is 53.2 Å². The Morgan fingerprint density at radius 3 is 2.67 bits per heavy atom. The van der Waals surface area contributed by atoms with Crippen molar-refractivity contribution in [2.75, 3.05) is 4.31 Å². The molecule has 1 aliphatic heterocycles. The smallest absolute Gasteiger partial charge is 0.268 e. The van der Waals surface area contributed by atoms with E-state index < -0.39 is 5.24 Å². The number of amides is 2. The normalized spacial score (nSPS) is 15.1. The van der Waals surface area contributed by atoms with Crippen LogP contribution in [0.15, 0.2) is 18.2 Å². The third-order valence-corrected chi connectivity index (χ3v) is 4.35. The number of carbonyl (C=O) groups is 2. The first-order valence-electron chi connectivity index (χ1n) is 5.26. The first-order valence-corrected chi connectivity index (χ1v) is 6.82. The highest BCUT2D eigenvalue weighted by atomic mass is 35.5. The molecule has 4 nitrogen and oxygen atoms in total. The van der Waals surface area contributed by atoms with Crippen LogP contribution in [-0.2, 0) is 0 Å². The van der Waals surface area contributed by atoms with E-state index in [1.54, 1.807) is 18.2 Å². The number of hydrogen-bond donors (Lipinski definition) is 1. The number of benzene rings is 1. The van der Waals surface area contributed by atoms with Gasteiger partial charge in [-0.1, -0.05) is 30.3 Å². The zero-order chi connectivity index (χ0) is 13.4. The van der Waals surface area contributed by atoms with Gasteiger partial charge in [0.15, 0.2) is 0 Å². The molecule has 0 unspecified atom stereocenters. The molecule has 0 spiro atoms. The van der Waals surface area contributed by atoms with Crippen LogP contribution in [0.3, 0.4) is 0 Å². The molecule has 1 aromatic rings. The fourth-order valence-electron chi connectivity index (χ4n) is 1.64. The summed E-state index contributed by atoms with van der Waals surface area (Å²) >= 11 is 10.9. The number of rotatable bonds is 1. The molecule has 0 fully saturated rings. The average Bonchev–Trinajstić information content (AvgIpc) is 2.29. The van der Waals surface area contributed by atoms with Gasteiger partial charge in [0.05, 0.1) is 28.4 Å². The lowest BCUT2D eigenvalue weighted by molar-refractivity contribution is 0.0846. The summed E-state index contributed by atoms with van der Waals surface area (Å²) in [6.07, 6.45) is 0. The zero-order valence-electron chi connectivity index (χ0n) is 9.75. The predicted octanol–water partition coefficient (Wildman–Crippen LogP) is 3.62. The van der Waals surface area contributed by atoms with E-state index in [0.29, 0.717) is 16.3 Å². The minimum absolute atomic E-state index is 0.0372. The summed E-state index contributed by atoms with van der Waals surface area (Å²) in [7, 11) is 0. The molecular weight excluding hydrogens is 292 g/mol. The fraction of sp³-hybridized carbons (Fsp3) is 0.273. The number of thiol groups is 1.